The number of nitrogens with zero attached hydrogens (tertiary/aromatic N) is 2. The number of fused-ring (bicyclic) bond motifs is 1. The standard InChI is InChI=1S/C19H20N2O2/c1-2-3-11-21(14-15-7-6-10-20-13-15)19(22)18-12-16-8-4-5-9-17(16)23-18/h4-10,12-13H,2-3,11,14H2,1H3. The highest BCUT2D eigenvalue weighted by Gasteiger charge is 2.19. The molecule has 2 aromatic heterocycles. The van der Waals surface area contributed by atoms with Crippen LogP contribution in [0, 0.1) is 0 Å². The predicted octanol–water partition coefficient (Wildman–Crippen LogP) is 4.27. The summed E-state index contributed by atoms with van der Waals surface area (Å²) in [5.41, 5.74) is 1.76. The molecule has 0 radical (unpaired) electrons. The van der Waals surface area contributed by atoms with E-state index in [0.717, 1.165) is 29.4 Å². The summed E-state index contributed by atoms with van der Waals surface area (Å²) in [5, 5.41) is 0.952. The minimum atomic E-state index is -0.0708. The van der Waals surface area contributed by atoms with Crippen molar-refractivity contribution in [2.75, 3.05) is 6.54 Å². The summed E-state index contributed by atoms with van der Waals surface area (Å²) < 4.78 is 5.72. The molecular formula is C19H20N2O2. The van der Waals surface area contributed by atoms with Crippen LogP contribution in [0.25, 0.3) is 11.0 Å². The van der Waals surface area contributed by atoms with Gasteiger partial charge in [0.25, 0.3) is 5.91 Å². The minimum Gasteiger partial charge on any atom is -0.451 e. The fourth-order valence-electron chi connectivity index (χ4n) is 2.56. The molecule has 0 saturated heterocycles. The fourth-order valence-corrected chi connectivity index (χ4v) is 2.56. The molecular weight excluding hydrogens is 288 g/mol. The Kier molecular flexibility index (Phi) is 4.71. The molecule has 0 aliphatic rings. The van der Waals surface area contributed by atoms with Crippen LogP contribution in [-0.2, 0) is 6.54 Å². The van der Waals surface area contributed by atoms with Crippen LogP contribution in [0.2, 0.25) is 0 Å². The van der Waals surface area contributed by atoms with Crippen LogP contribution in [0.15, 0.2) is 59.3 Å². The monoisotopic (exact) mass is 308 g/mol. The lowest BCUT2D eigenvalue weighted by atomic mass is 10.2. The maximum atomic E-state index is 12.8. The quantitative estimate of drug-likeness (QED) is 0.683. The molecule has 0 saturated carbocycles. The van der Waals surface area contributed by atoms with Gasteiger partial charge in [0.2, 0.25) is 0 Å². The molecule has 1 aromatic carbocycles. The van der Waals surface area contributed by atoms with Crippen molar-refractivity contribution in [2.24, 2.45) is 0 Å². The van der Waals surface area contributed by atoms with Crippen LogP contribution in [0.5, 0.6) is 0 Å². The number of benzene rings is 1. The summed E-state index contributed by atoms with van der Waals surface area (Å²) in [6.45, 7) is 3.37. The Morgan fingerprint density at radius 2 is 2.09 bits per heavy atom. The zero-order valence-corrected chi connectivity index (χ0v) is 13.2. The summed E-state index contributed by atoms with van der Waals surface area (Å²) in [6.07, 6.45) is 5.54. The van der Waals surface area contributed by atoms with E-state index < -0.39 is 0 Å². The molecule has 1 amide bonds. The normalized spacial score (nSPS) is 10.8. The van der Waals surface area contributed by atoms with Crippen molar-refractivity contribution in [2.45, 2.75) is 26.3 Å². The van der Waals surface area contributed by atoms with Crippen LogP contribution in [-0.4, -0.2) is 22.3 Å². The van der Waals surface area contributed by atoms with Gasteiger partial charge in [-0.05, 0) is 30.2 Å². The molecule has 3 rings (SSSR count). The number of rotatable bonds is 6. The van der Waals surface area contributed by atoms with Crippen molar-refractivity contribution in [3.05, 3.63) is 66.2 Å². The van der Waals surface area contributed by atoms with Crippen molar-refractivity contribution in [1.29, 1.82) is 0 Å². The molecule has 0 atom stereocenters. The Morgan fingerprint density at radius 1 is 1.22 bits per heavy atom. The highest BCUT2D eigenvalue weighted by Crippen LogP contribution is 2.21. The topological polar surface area (TPSA) is 46.3 Å². The lowest BCUT2D eigenvalue weighted by Crippen LogP contribution is -2.31. The molecule has 0 bridgehead atoms. The number of amides is 1. The van der Waals surface area contributed by atoms with E-state index in [9.17, 15) is 4.79 Å². The van der Waals surface area contributed by atoms with Crippen molar-refractivity contribution < 1.29 is 9.21 Å². The second kappa shape index (κ2) is 7.09. The van der Waals surface area contributed by atoms with Gasteiger partial charge >= 0.3 is 0 Å². The Labute approximate surface area is 135 Å². The van der Waals surface area contributed by atoms with Gasteiger partial charge in [-0.25, -0.2) is 0 Å². The van der Waals surface area contributed by atoms with E-state index in [0.29, 0.717) is 18.8 Å². The average Bonchev–Trinajstić information content (AvgIpc) is 3.03. The minimum absolute atomic E-state index is 0.0708. The fraction of sp³-hybridized carbons (Fsp3) is 0.263. The van der Waals surface area contributed by atoms with E-state index in [2.05, 4.69) is 11.9 Å². The van der Waals surface area contributed by atoms with E-state index in [1.807, 2.05) is 47.4 Å². The highest BCUT2D eigenvalue weighted by molar-refractivity contribution is 5.96. The number of hydrogen-bond donors (Lipinski definition) is 0. The molecule has 3 aromatic rings. The predicted molar refractivity (Wildman–Crippen MR) is 90.1 cm³/mol. The first-order valence-corrected chi connectivity index (χ1v) is 7.94. The summed E-state index contributed by atoms with van der Waals surface area (Å²) in [6, 6.07) is 13.4. The molecule has 23 heavy (non-hydrogen) atoms. The average molecular weight is 308 g/mol. The second-order valence-corrected chi connectivity index (χ2v) is 5.59. The molecule has 0 N–H and O–H groups in total. The van der Waals surface area contributed by atoms with Gasteiger partial charge in [0, 0.05) is 30.9 Å². The number of aromatic nitrogens is 1. The largest absolute Gasteiger partial charge is 0.451 e. The molecule has 0 fully saturated rings. The smallest absolute Gasteiger partial charge is 0.289 e. The molecule has 0 spiro atoms. The van der Waals surface area contributed by atoms with Gasteiger partial charge < -0.3 is 9.32 Å². The van der Waals surface area contributed by atoms with Gasteiger partial charge in [-0.1, -0.05) is 37.6 Å². The third-order valence-electron chi connectivity index (χ3n) is 3.80. The number of hydrogen-bond acceptors (Lipinski definition) is 3. The third-order valence-corrected chi connectivity index (χ3v) is 3.80. The number of carbonyl (C=O) groups is 1. The number of para-hydroxylation sites is 1. The Hall–Kier alpha value is -2.62. The van der Waals surface area contributed by atoms with E-state index in [1.165, 1.54) is 0 Å². The molecule has 4 heteroatoms. The first kappa shape index (κ1) is 15.3. The lowest BCUT2D eigenvalue weighted by Gasteiger charge is -2.21. The van der Waals surface area contributed by atoms with Crippen LogP contribution < -0.4 is 0 Å². The van der Waals surface area contributed by atoms with E-state index in [4.69, 9.17) is 4.42 Å². The first-order chi connectivity index (χ1) is 11.3. The molecule has 2 heterocycles. The highest BCUT2D eigenvalue weighted by atomic mass is 16.3. The molecule has 4 nitrogen and oxygen atoms in total. The molecule has 0 aliphatic heterocycles. The number of carbonyl (C=O) groups excluding carboxylic acids is 1. The number of pyridine rings is 1. The van der Waals surface area contributed by atoms with Crippen LogP contribution >= 0.6 is 0 Å². The zero-order chi connectivity index (χ0) is 16.1. The van der Waals surface area contributed by atoms with Crippen LogP contribution in [0.4, 0.5) is 0 Å². The number of furan rings is 1. The maximum absolute atomic E-state index is 12.8. The van der Waals surface area contributed by atoms with Gasteiger partial charge in [-0.2, -0.15) is 0 Å². The van der Waals surface area contributed by atoms with Gasteiger partial charge in [-0.3, -0.25) is 9.78 Å². The zero-order valence-electron chi connectivity index (χ0n) is 13.2. The number of unbranched alkanes of at least 4 members (excludes halogenated alkanes) is 1. The summed E-state index contributed by atoms with van der Waals surface area (Å²) >= 11 is 0. The SMILES string of the molecule is CCCCN(Cc1cccnc1)C(=O)c1cc2ccccc2o1. The van der Waals surface area contributed by atoms with Crippen molar-refractivity contribution in [3.63, 3.8) is 0 Å². The van der Waals surface area contributed by atoms with E-state index in [-0.39, 0.29) is 5.91 Å². The molecule has 118 valence electrons. The first-order valence-electron chi connectivity index (χ1n) is 7.94. The van der Waals surface area contributed by atoms with Crippen LogP contribution in [0.1, 0.15) is 35.9 Å². The van der Waals surface area contributed by atoms with Gasteiger partial charge in [0.1, 0.15) is 5.58 Å². The molecule has 0 unspecified atom stereocenters. The van der Waals surface area contributed by atoms with Crippen molar-refractivity contribution in [1.82, 2.24) is 9.88 Å². The van der Waals surface area contributed by atoms with Crippen molar-refractivity contribution in [3.8, 4) is 0 Å². The Balaban J connectivity index is 1.84. The molecule has 0 aliphatic carbocycles. The van der Waals surface area contributed by atoms with Crippen molar-refractivity contribution >= 4 is 16.9 Å². The van der Waals surface area contributed by atoms with E-state index in [1.54, 1.807) is 12.4 Å². The van der Waals surface area contributed by atoms with Gasteiger partial charge in [0.15, 0.2) is 5.76 Å². The van der Waals surface area contributed by atoms with Crippen LogP contribution in [0.3, 0.4) is 0 Å². The summed E-state index contributed by atoms with van der Waals surface area (Å²) in [5.74, 6) is 0.324. The maximum Gasteiger partial charge on any atom is 0.289 e. The third kappa shape index (κ3) is 3.59. The summed E-state index contributed by atoms with van der Waals surface area (Å²) in [4.78, 5) is 18.8. The summed E-state index contributed by atoms with van der Waals surface area (Å²) in [7, 11) is 0. The Bertz CT molecular complexity index is 747. The van der Waals surface area contributed by atoms with Gasteiger partial charge in [-0.15, -0.1) is 0 Å². The second-order valence-electron chi connectivity index (χ2n) is 5.59. The van der Waals surface area contributed by atoms with Gasteiger partial charge in [0.05, 0.1) is 0 Å². The van der Waals surface area contributed by atoms with E-state index >= 15 is 0 Å². The Morgan fingerprint density at radius 3 is 2.83 bits per heavy atom. The lowest BCUT2D eigenvalue weighted by molar-refractivity contribution is 0.0711.